The van der Waals surface area contributed by atoms with Crippen LogP contribution < -0.4 is 14.8 Å². The number of amides is 1. The molecule has 0 saturated carbocycles. The first-order valence-electron chi connectivity index (χ1n) is 8.38. The molecule has 0 heterocycles. The van der Waals surface area contributed by atoms with E-state index < -0.39 is 24.6 Å². The van der Waals surface area contributed by atoms with Crippen molar-refractivity contribution in [3.8, 4) is 11.5 Å². The molecular weight excluding hydrogens is 386 g/mol. The van der Waals surface area contributed by atoms with E-state index >= 15 is 0 Å². The normalized spacial score (nSPS) is 11.3. The molecule has 2 aromatic rings. The van der Waals surface area contributed by atoms with Crippen LogP contribution in [-0.4, -0.2) is 37.5 Å². The van der Waals surface area contributed by atoms with E-state index in [1.807, 2.05) is 0 Å². The van der Waals surface area contributed by atoms with Crippen LogP contribution in [0.4, 0.5) is 5.69 Å². The van der Waals surface area contributed by atoms with Gasteiger partial charge in [0.25, 0.3) is 5.91 Å². The Labute approximate surface area is 167 Å². The lowest BCUT2D eigenvalue weighted by Crippen LogP contribution is -2.31. The highest BCUT2D eigenvalue weighted by molar-refractivity contribution is 6.30. The molecule has 0 radical (unpaired) electrons. The molecule has 0 saturated heterocycles. The zero-order valence-corrected chi connectivity index (χ0v) is 16.4. The quantitative estimate of drug-likeness (QED) is 0.534. The minimum atomic E-state index is -1.03. The van der Waals surface area contributed by atoms with Gasteiger partial charge in [-0.15, -0.1) is 0 Å². The Morgan fingerprint density at radius 3 is 2.50 bits per heavy atom. The zero-order chi connectivity index (χ0) is 20.7. The number of ketones is 1. The molecule has 1 atom stereocenters. The molecule has 148 valence electrons. The predicted molar refractivity (Wildman–Crippen MR) is 104 cm³/mol. The molecule has 1 N–H and O–H groups in total. The molecule has 0 bridgehead atoms. The molecule has 7 nitrogen and oxygen atoms in total. The highest BCUT2D eigenvalue weighted by atomic mass is 35.5. The SMILES string of the molecule is COc1cc(C(C)=O)ccc1OCC(=O)O[C@@H](C)C(=O)Nc1cccc(Cl)c1. The third-order valence-electron chi connectivity index (χ3n) is 3.69. The first-order valence-corrected chi connectivity index (χ1v) is 8.75. The number of ether oxygens (including phenoxy) is 3. The maximum absolute atomic E-state index is 12.1. The summed E-state index contributed by atoms with van der Waals surface area (Å²) in [5.41, 5.74) is 0.949. The molecular formula is C20H20ClNO6. The molecule has 0 aliphatic carbocycles. The van der Waals surface area contributed by atoms with E-state index in [0.717, 1.165) is 0 Å². The molecule has 2 rings (SSSR count). The number of rotatable bonds is 8. The second-order valence-corrected chi connectivity index (χ2v) is 6.28. The van der Waals surface area contributed by atoms with Crippen LogP contribution >= 0.6 is 11.6 Å². The van der Waals surface area contributed by atoms with Crippen molar-refractivity contribution in [2.45, 2.75) is 20.0 Å². The Hall–Kier alpha value is -3.06. The first-order chi connectivity index (χ1) is 13.3. The third kappa shape index (κ3) is 5.99. The maximum Gasteiger partial charge on any atom is 0.344 e. The monoisotopic (exact) mass is 405 g/mol. The number of carbonyl (C=O) groups is 3. The summed E-state index contributed by atoms with van der Waals surface area (Å²) in [4.78, 5) is 35.5. The number of hydrogen-bond donors (Lipinski definition) is 1. The van der Waals surface area contributed by atoms with Gasteiger partial charge in [-0.05, 0) is 50.2 Å². The Morgan fingerprint density at radius 1 is 1.11 bits per heavy atom. The number of halogens is 1. The van der Waals surface area contributed by atoms with E-state index in [1.54, 1.807) is 30.3 Å². The van der Waals surface area contributed by atoms with Crippen LogP contribution in [0.2, 0.25) is 5.02 Å². The second-order valence-electron chi connectivity index (χ2n) is 5.84. The zero-order valence-electron chi connectivity index (χ0n) is 15.7. The lowest BCUT2D eigenvalue weighted by atomic mass is 10.1. The predicted octanol–water partition coefficient (Wildman–Crippen LogP) is 3.50. The van der Waals surface area contributed by atoms with E-state index in [2.05, 4.69) is 5.32 Å². The molecule has 1 amide bonds. The summed E-state index contributed by atoms with van der Waals surface area (Å²) in [5.74, 6) is -0.762. The van der Waals surface area contributed by atoms with Crippen molar-refractivity contribution < 1.29 is 28.6 Å². The lowest BCUT2D eigenvalue weighted by Gasteiger charge is -2.15. The molecule has 2 aromatic carbocycles. The summed E-state index contributed by atoms with van der Waals surface area (Å²) >= 11 is 5.86. The van der Waals surface area contributed by atoms with Gasteiger partial charge in [0.1, 0.15) is 0 Å². The van der Waals surface area contributed by atoms with Gasteiger partial charge >= 0.3 is 5.97 Å². The first kappa shape index (κ1) is 21.2. The van der Waals surface area contributed by atoms with Crippen LogP contribution in [0.25, 0.3) is 0 Å². The van der Waals surface area contributed by atoms with Crippen molar-refractivity contribution >= 4 is 34.9 Å². The van der Waals surface area contributed by atoms with Gasteiger partial charge in [-0.3, -0.25) is 9.59 Å². The Kier molecular flexibility index (Phi) is 7.40. The molecule has 0 unspecified atom stereocenters. The van der Waals surface area contributed by atoms with Crippen molar-refractivity contribution in [1.82, 2.24) is 0 Å². The molecule has 0 aliphatic heterocycles. The van der Waals surface area contributed by atoms with E-state index in [1.165, 1.54) is 33.1 Å². The van der Waals surface area contributed by atoms with Crippen LogP contribution in [-0.2, 0) is 14.3 Å². The van der Waals surface area contributed by atoms with Gasteiger partial charge in [0.2, 0.25) is 0 Å². The highest BCUT2D eigenvalue weighted by Crippen LogP contribution is 2.28. The standard InChI is InChI=1S/C20H20ClNO6/c1-12(23)14-7-8-17(18(9-14)26-3)27-11-19(24)28-13(2)20(25)22-16-6-4-5-15(21)10-16/h4-10,13H,11H2,1-3H3,(H,22,25)/t13-/m0/s1. The van der Waals surface area contributed by atoms with E-state index in [9.17, 15) is 14.4 Å². The van der Waals surface area contributed by atoms with Gasteiger partial charge in [-0.1, -0.05) is 17.7 Å². The Balaban J connectivity index is 1.89. The van der Waals surface area contributed by atoms with Crippen LogP contribution in [0.3, 0.4) is 0 Å². The molecule has 0 fully saturated rings. The van der Waals surface area contributed by atoms with E-state index in [0.29, 0.717) is 22.0 Å². The van der Waals surface area contributed by atoms with Gasteiger partial charge in [0.15, 0.2) is 30.0 Å². The smallest absolute Gasteiger partial charge is 0.344 e. The minimum absolute atomic E-state index is 0.121. The van der Waals surface area contributed by atoms with E-state index in [4.69, 9.17) is 25.8 Å². The fourth-order valence-corrected chi connectivity index (χ4v) is 2.43. The van der Waals surface area contributed by atoms with Crippen LogP contribution in [0.1, 0.15) is 24.2 Å². The average Bonchev–Trinajstić information content (AvgIpc) is 2.66. The van der Waals surface area contributed by atoms with Gasteiger partial charge in [-0.25, -0.2) is 4.79 Å². The summed E-state index contributed by atoms with van der Waals surface area (Å²) in [6.07, 6.45) is -1.03. The van der Waals surface area contributed by atoms with Gasteiger partial charge in [-0.2, -0.15) is 0 Å². The molecule has 0 aliphatic rings. The maximum atomic E-state index is 12.1. The van der Waals surface area contributed by atoms with Crippen molar-refractivity contribution in [2.24, 2.45) is 0 Å². The van der Waals surface area contributed by atoms with Crippen molar-refractivity contribution in [3.05, 3.63) is 53.1 Å². The van der Waals surface area contributed by atoms with Crippen LogP contribution in [0.15, 0.2) is 42.5 Å². The average molecular weight is 406 g/mol. The molecule has 8 heteroatoms. The van der Waals surface area contributed by atoms with Crippen LogP contribution in [0.5, 0.6) is 11.5 Å². The number of carbonyl (C=O) groups excluding carboxylic acids is 3. The topological polar surface area (TPSA) is 90.9 Å². The number of methoxy groups -OCH3 is 1. The summed E-state index contributed by atoms with van der Waals surface area (Å²) in [7, 11) is 1.42. The van der Waals surface area contributed by atoms with Crippen molar-refractivity contribution in [3.63, 3.8) is 0 Å². The summed E-state index contributed by atoms with van der Waals surface area (Å²) < 4.78 is 15.6. The second kappa shape index (κ2) is 9.75. The molecule has 0 spiro atoms. The molecule has 28 heavy (non-hydrogen) atoms. The van der Waals surface area contributed by atoms with E-state index in [-0.39, 0.29) is 11.5 Å². The lowest BCUT2D eigenvalue weighted by molar-refractivity contribution is -0.155. The van der Waals surface area contributed by atoms with Gasteiger partial charge in [0, 0.05) is 16.3 Å². The number of hydrogen-bond acceptors (Lipinski definition) is 6. The third-order valence-corrected chi connectivity index (χ3v) is 3.92. The van der Waals surface area contributed by atoms with Crippen molar-refractivity contribution in [1.29, 1.82) is 0 Å². The van der Waals surface area contributed by atoms with Crippen LogP contribution in [0, 0.1) is 0 Å². The largest absolute Gasteiger partial charge is 0.493 e. The summed E-state index contributed by atoms with van der Waals surface area (Å²) in [6, 6.07) is 11.2. The number of nitrogens with one attached hydrogen (secondary N) is 1. The van der Waals surface area contributed by atoms with Crippen molar-refractivity contribution in [2.75, 3.05) is 19.0 Å². The molecule has 0 aromatic heterocycles. The number of anilines is 1. The fourth-order valence-electron chi connectivity index (χ4n) is 2.24. The van der Waals surface area contributed by atoms with Gasteiger partial charge < -0.3 is 19.5 Å². The Morgan fingerprint density at radius 2 is 1.86 bits per heavy atom. The fraction of sp³-hybridized carbons (Fsp3) is 0.250. The number of benzene rings is 2. The minimum Gasteiger partial charge on any atom is -0.493 e. The highest BCUT2D eigenvalue weighted by Gasteiger charge is 2.19. The van der Waals surface area contributed by atoms with Gasteiger partial charge in [0.05, 0.1) is 7.11 Å². The summed E-state index contributed by atoms with van der Waals surface area (Å²) in [6.45, 7) is 2.45. The summed E-state index contributed by atoms with van der Waals surface area (Å²) in [5, 5.41) is 3.08. The number of Topliss-reactive ketones (excluding diaryl/α,β-unsaturated/α-hetero) is 1. The number of esters is 1. The Bertz CT molecular complexity index is 883.